The van der Waals surface area contributed by atoms with Gasteiger partial charge in [-0.2, -0.15) is 0 Å². The summed E-state index contributed by atoms with van der Waals surface area (Å²) >= 11 is 0. The Bertz CT molecular complexity index is 901. The van der Waals surface area contributed by atoms with Crippen LogP contribution in [0.15, 0.2) is 18.2 Å². The van der Waals surface area contributed by atoms with Crippen molar-refractivity contribution >= 4 is 11.9 Å². The summed E-state index contributed by atoms with van der Waals surface area (Å²) in [5, 5.41) is 22.3. The molecule has 3 fully saturated rings. The summed E-state index contributed by atoms with van der Waals surface area (Å²) in [7, 11) is 0. The summed E-state index contributed by atoms with van der Waals surface area (Å²) in [6.45, 7) is 4.61. The molecule has 2 bridgehead atoms. The van der Waals surface area contributed by atoms with E-state index in [1.807, 2.05) is 19.9 Å². The fourth-order valence-electron chi connectivity index (χ4n) is 7.27. The highest BCUT2D eigenvalue weighted by atomic mass is 16.3. The number of aliphatic hydroxyl groups is 1. The first-order valence-electron chi connectivity index (χ1n) is 11.0. The number of amides is 3. The molecule has 29 heavy (non-hydrogen) atoms. The largest absolute Gasteiger partial charge is 0.508 e. The average Bonchev–Trinajstić information content (AvgIpc) is 2.88. The van der Waals surface area contributed by atoms with Gasteiger partial charge in [-0.3, -0.25) is 9.69 Å². The third-order valence-electron chi connectivity index (χ3n) is 8.50. The van der Waals surface area contributed by atoms with Crippen LogP contribution in [0.5, 0.6) is 5.75 Å². The summed E-state index contributed by atoms with van der Waals surface area (Å²) < 4.78 is 0. The van der Waals surface area contributed by atoms with Crippen molar-refractivity contribution in [3.8, 4) is 5.75 Å². The lowest BCUT2D eigenvalue weighted by Gasteiger charge is -2.64. The van der Waals surface area contributed by atoms with Gasteiger partial charge in [0.1, 0.15) is 11.3 Å². The number of phenolic OH excluding ortho intramolecular Hbond substituents is 1. The quantitative estimate of drug-likeness (QED) is 0.751. The van der Waals surface area contributed by atoms with Crippen LogP contribution < -0.4 is 0 Å². The third-order valence-corrected chi connectivity index (χ3v) is 8.50. The Hall–Kier alpha value is -2.08. The summed E-state index contributed by atoms with van der Waals surface area (Å²) in [4.78, 5) is 29.6. The van der Waals surface area contributed by atoms with E-state index in [0.29, 0.717) is 32.4 Å². The standard InChI is InChI=1S/C23H30N2O4/c1-3-24-19(27)22(25(4-2)20(24)28)10-11-23(29)16-6-5-9-21(23,14-22)18-13-17(26)8-7-15(18)12-16/h7-8,13,16,26,29H,3-6,9-12,14H2,1-2H3. The molecule has 1 aromatic carbocycles. The lowest BCUT2D eigenvalue weighted by Crippen LogP contribution is -2.70. The summed E-state index contributed by atoms with van der Waals surface area (Å²) in [5.41, 5.74) is -0.230. The second-order valence-electron chi connectivity index (χ2n) is 9.43. The molecule has 6 heteroatoms. The van der Waals surface area contributed by atoms with Gasteiger partial charge in [0.2, 0.25) is 0 Å². The van der Waals surface area contributed by atoms with Crippen molar-refractivity contribution in [2.24, 2.45) is 5.92 Å². The van der Waals surface area contributed by atoms with Crippen LogP contribution in [0, 0.1) is 5.92 Å². The van der Waals surface area contributed by atoms with Gasteiger partial charge in [-0.15, -0.1) is 0 Å². The molecule has 1 aliphatic heterocycles. The SMILES string of the molecule is CCN1C(=O)N(CC)C2(CCC3(O)C4CCCC3(C2)c2cc(O)ccc2C4)C1=O. The van der Waals surface area contributed by atoms with Crippen LogP contribution in [0.2, 0.25) is 0 Å². The van der Waals surface area contributed by atoms with Gasteiger partial charge in [0.25, 0.3) is 5.91 Å². The van der Waals surface area contributed by atoms with Crippen molar-refractivity contribution in [2.45, 2.75) is 75.3 Å². The van der Waals surface area contributed by atoms with Gasteiger partial charge in [0.15, 0.2) is 0 Å². The maximum atomic E-state index is 13.5. The first-order valence-corrected chi connectivity index (χ1v) is 11.0. The van der Waals surface area contributed by atoms with E-state index in [0.717, 1.165) is 31.2 Å². The van der Waals surface area contributed by atoms with Crippen LogP contribution in [0.4, 0.5) is 4.79 Å². The predicted octanol–water partition coefficient (Wildman–Crippen LogP) is 2.94. The molecular formula is C23H30N2O4. The molecule has 156 valence electrons. The second kappa shape index (κ2) is 5.97. The van der Waals surface area contributed by atoms with Crippen LogP contribution in [0.25, 0.3) is 0 Å². The molecule has 1 saturated heterocycles. The zero-order valence-electron chi connectivity index (χ0n) is 17.3. The van der Waals surface area contributed by atoms with Gasteiger partial charge in [-0.1, -0.05) is 12.5 Å². The molecule has 0 aromatic heterocycles. The molecule has 1 heterocycles. The van der Waals surface area contributed by atoms with Gasteiger partial charge < -0.3 is 15.1 Å². The van der Waals surface area contributed by atoms with Crippen molar-refractivity contribution in [3.05, 3.63) is 29.3 Å². The number of fused-ring (bicyclic) bond motifs is 1. The van der Waals surface area contributed by atoms with E-state index in [9.17, 15) is 19.8 Å². The number of imide groups is 1. The summed E-state index contributed by atoms with van der Waals surface area (Å²) in [5.74, 6) is 0.244. The lowest BCUT2D eigenvalue weighted by atomic mass is 9.43. The molecule has 1 spiro atoms. The van der Waals surface area contributed by atoms with Gasteiger partial charge >= 0.3 is 6.03 Å². The molecule has 2 saturated carbocycles. The van der Waals surface area contributed by atoms with Gasteiger partial charge in [0.05, 0.1) is 5.60 Å². The fourth-order valence-corrected chi connectivity index (χ4v) is 7.27. The highest BCUT2D eigenvalue weighted by Crippen LogP contribution is 2.64. The number of rotatable bonds is 2. The average molecular weight is 399 g/mol. The maximum absolute atomic E-state index is 13.5. The molecule has 2 N–H and O–H groups in total. The lowest BCUT2D eigenvalue weighted by molar-refractivity contribution is -0.175. The number of phenols is 1. The van der Waals surface area contributed by atoms with Crippen LogP contribution in [-0.4, -0.2) is 56.2 Å². The number of benzene rings is 1. The molecule has 1 aromatic rings. The van der Waals surface area contributed by atoms with Crippen LogP contribution in [0.3, 0.4) is 0 Å². The molecule has 6 nitrogen and oxygen atoms in total. The van der Waals surface area contributed by atoms with Crippen molar-refractivity contribution in [1.29, 1.82) is 0 Å². The van der Waals surface area contributed by atoms with Crippen molar-refractivity contribution in [1.82, 2.24) is 9.80 Å². The highest BCUT2D eigenvalue weighted by Gasteiger charge is 2.70. The zero-order chi connectivity index (χ0) is 20.6. The topological polar surface area (TPSA) is 81.1 Å². The molecule has 3 amide bonds. The Balaban J connectivity index is 1.71. The number of hydrogen-bond acceptors (Lipinski definition) is 4. The van der Waals surface area contributed by atoms with E-state index < -0.39 is 16.6 Å². The number of nitrogens with zero attached hydrogens (tertiary/aromatic N) is 2. The number of likely N-dealkylation sites (N-methyl/N-ethyl adjacent to an activating group) is 2. The van der Waals surface area contributed by atoms with E-state index in [2.05, 4.69) is 0 Å². The molecule has 4 atom stereocenters. The summed E-state index contributed by atoms with van der Waals surface area (Å²) in [6.07, 6.45) is 5.03. The molecule has 4 unspecified atom stereocenters. The first kappa shape index (κ1) is 18.9. The minimum Gasteiger partial charge on any atom is -0.508 e. The normalized spacial score (nSPS) is 38.4. The van der Waals surface area contributed by atoms with Gasteiger partial charge in [0, 0.05) is 18.5 Å². The van der Waals surface area contributed by atoms with Crippen molar-refractivity contribution in [3.63, 3.8) is 0 Å². The molecule has 5 rings (SSSR count). The Morgan fingerprint density at radius 3 is 2.66 bits per heavy atom. The molecule has 4 aliphatic rings. The molecule has 0 radical (unpaired) electrons. The zero-order valence-corrected chi connectivity index (χ0v) is 17.3. The Morgan fingerprint density at radius 1 is 1.14 bits per heavy atom. The van der Waals surface area contributed by atoms with Crippen LogP contribution >= 0.6 is 0 Å². The number of urea groups is 1. The Kier molecular flexibility index (Phi) is 3.90. The number of aromatic hydroxyl groups is 1. The fraction of sp³-hybridized carbons (Fsp3) is 0.652. The van der Waals surface area contributed by atoms with E-state index in [-0.39, 0.29) is 23.6 Å². The minimum absolute atomic E-state index is 0.113. The molecular weight excluding hydrogens is 368 g/mol. The van der Waals surface area contributed by atoms with Crippen LogP contribution in [-0.2, 0) is 16.6 Å². The minimum atomic E-state index is -0.893. The van der Waals surface area contributed by atoms with E-state index in [1.54, 1.807) is 17.0 Å². The Labute approximate surface area is 171 Å². The maximum Gasteiger partial charge on any atom is 0.327 e. The number of carbonyl (C=O) groups excluding carboxylic acids is 2. The van der Waals surface area contributed by atoms with Gasteiger partial charge in [-0.05, 0) is 81.5 Å². The van der Waals surface area contributed by atoms with E-state index in [1.165, 1.54) is 10.5 Å². The monoisotopic (exact) mass is 398 g/mol. The number of carbonyl (C=O) groups is 2. The van der Waals surface area contributed by atoms with E-state index >= 15 is 0 Å². The van der Waals surface area contributed by atoms with Crippen LogP contribution in [0.1, 0.15) is 63.5 Å². The van der Waals surface area contributed by atoms with Crippen molar-refractivity contribution in [2.75, 3.05) is 13.1 Å². The predicted molar refractivity (Wildman–Crippen MR) is 108 cm³/mol. The second-order valence-corrected chi connectivity index (χ2v) is 9.43. The van der Waals surface area contributed by atoms with Gasteiger partial charge in [-0.25, -0.2) is 4.79 Å². The first-order chi connectivity index (χ1) is 13.8. The van der Waals surface area contributed by atoms with E-state index in [4.69, 9.17) is 0 Å². The smallest absolute Gasteiger partial charge is 0.327 e. The highest BCUT2D eigenvalue weighted by molar-refractivity contribution is 6.07. The summed E-state index contributed by atoms with van der Waals surface area (Å²) in [6, 6.07) is 5.29. The third kappa shape index (κ3) is 2.11. The van der Waals surface area contributed by atoms with Crippen molar-refractivity contribution < 1.29 is 19.8 Å². The number of hydrogen-bond donors (Lipinski definition) is 2. The molecule has 3 aliphatic carbocycles. The Morgan fingerprint density at radius 2 is 1.93 bits per heavy atom.